The number of carbonyl (C=O) groups is 1. The summed E-state index contributed by atoms with van der Waals surface area (Å²) in [6.07, 6.45) is -5.64. The van der Waals surface area contributed by atoms with Crippen molar-refractivity contribution in [1.82, 2.24) is 4.98 Å². The summed E-state index contributed by atoms with van der Waals surface area (Å²) in [4.78, 5) is 14.9. The molecule has 0 saturated heterocycles. The number of hydrogen-bond acceptors (Lipinski definition) is 2. The molecular formula is C12H7ClF3NO. The van der Waals surface area contributed by atoms with E-state index >= 15 is 0 Å². The number of hydrogen-bond donors (Lipinski definition) is 0. The number of nitrogens with zero attached hydrogens (tertiary/aromatic N) is 1. The van der Waals surface area contributed by atoms with Crippen molar-refractivity contribution in [3.8, 4) is 0 Å². The summed E-state index contributed by atoms with van der Waals surface area (Å²) in [6, 6.07) is 8.31. The van der Waals surface area contributed by atoms with E-state index in [0.717, 1.165) is 0 Å². The van der Waals surface area contributed by atoms with Crippen LogP contribution in [0.1, 0.15) is 5.56 Å². The van der Waals surface area contributed by atoms with Crippen molar-refractivity contribution in [1.29, 1.82) is 0 Å². The number of alkyl halides is 3. The van der Waals surface area contributed by atoms with Crippen LogP contribution in [0.15, 0.2) is 30.3 Å². The first-order chi connectivity index (χ1) is 8.38. The van der Waals surface area contributed by atoms with Gasteiger partial charge in [-0.15, -0.1) is 0 Å². The minimum atomic E-state index is -4.85. The van der Waals surface area contributed by atoms with Gasteiger partial charge in [-0.2, -0.15) is 13.2 Å². The van der Waals surface area contributed by atoms with Gasteiger partial charge in [0.2, 0.25) is 5.78 Å². The van der Waals surface area contributed by atoms with Gasteiger partial charge in [0, 0.05) is 11.8 Å². The van der Waals surface area contributed by atoms with Gasteiger partial charge in [-0.05, 0) is 17.7 Å². The van der Waals surface area contributed by atoms with Crippen molar-refractivity contribution >= 4 is 28.3 Å². The summed E-state index contributed by atoms with van der Waals surface area (Å²) < 4.78 is 36.5. The maximum absolute atomic E-state index is 12.2. The Balaban J connectivity index is 2.40. The highest BCUT2D eigenvalue weighted by Gasteiger charge is 2.38. The van der Waals surface area contributed by atoms with Crippen LogP contribution in [0.25, 0.3) is 10.9 Å². The average Bonchev–Trinajstić information content (AvgIpc) is 2.28. The molecule has 0 amide bonds. The Labute approximate surface area is 105 Å². The first-order valence-electron chi connectivity index (χ1n) is 5.02. The molecule has 2 aromatic rings. The van der Waals surface area contributed by atoms with Gasteiger partial charge in [0.05, 0.1) is 5.52 Å². The Morgan fingerprint density at radius 2 is 1.94 bits per heavy atom. The summed E-state index contributed by atoms with van der Waals surface area (Å²) >= 11 is 5.77. The van der Waals surface area contributed by atoms with E-state index in [4.69, 9.17) is 11.6 Å². The molecule has 0 bridgehead atoms. The molecule has 0 aliphatic carbocycles. The Hall–Kier alpha value is -1.62. The van der Waals surface area contributed by atoms with Crippen molar-refractivity contribution in [2.45, 2.75) is 12.6 Å². The van der Waals surface area contributed by atoms with Crippen molar-refractivity contribution in [2.24, 2.45) is 0 Å². The molecule has 6 heteroatoms. The molecule has 0 aliphatic rings. The zero-order valence-corrected chi connectivity index (χ0v) is 9.72. The van der Waals surface area contributed by atoms with Gasteiger partial charge >= 0.3 is 6.18 Å². The summed E-state index contributed by atoms with van der Waals surface area (Å²) in [6.45, 7) is 0. The Bertz CT molecular complexity index is 610. The minimum Gasteiger partial charge on any atom is -0.289 e. The van der Waals surface area contributed by atoms with Crippen LogP contribution in [0.5, 0.6) is 0 Å². The Kier molecular flexibility index (Phi) is 3.26. The van der Waals surface area contributed by atoms with Gasteiger partial charge < -0.3 is 0 Å². The molecule has 1 aromatic carbocycles. The third-order valence-corrected chi connectivity index (χ3v) is 2.74. The van der Waals surface area contributed by atoms with Crippen LogP contribution in [-0.4, -0.2) is 16.9 Å². The average molecular weight is 274 g/mol. The van der Waals surface area contributed by atoms with Crippen molar-refractivity contribution < 1.29 is 18.0 Å². The molecule has 0 unspecified atom stereocenters. The van der Waals surface area contributed by atoms with Gasteiger partial charge in [0.25, 0.3) is 0 Å². The number of Topliss-reactive ketones (excluding diaryl/α,β-unsaturated/α-hetero) is 1. The number of aromatic nitrogens is 1. The molecule has 0 atom stereocenters. The van der Waals surface area contributed by atoms with Gasteiger partial charge in [-0.3, -0.25) is 4.79 Å². The maximum Gasteiger partial charge on any atom is 0.450 e. The summed E-state index contributed by atoms with van der Waals surface area (Å²) in [7, 11) is 0. The van der Waals surface area contributed by atoms with Crippen LogP contribution in [-0.2, 0) is 11.2 Å². The van der Waals surface area contributed by atoms with E-state index in [1.54, 1.807) is 24.3 Å². The lowest BCUT2D eigenvalue weighted by Crippen LogP contribution is -2.24. The standard InChI is InChI=1S/C12H7ClF3NO/c13-11-8(6-10(18)12(14,15)16)5-7-3-1-2-4-9(7)17-11/h1-5H,6H2. The lowest BCUT2D eigenvalue weighted by atomic mass is 10.1. The fourth-order valence-corrected chi connectivity index (χ4v) is 1.75. The fraction of sp³-hybridized carbons (Fsp3) is 0.167. The molecule has 0 fully saturated rings. The molecule has 0 saturated carbocycles. The zero-order chi connectivity index (χ0) is 13.3. The number of carbonyl (C=O) groups excluding carboxylic acids is 1. The zero-order valence-electron chi connectivity index (χ0n) is 8.96. The number of rotatable bonds is 2. The third-order valence-electron chi connectivity index (χ3n) is 2.42. The predicted octanol–water partition coefficient (Wildman–Crippen LogP) is 3.56. The summed E-state index contributed by atoms with van der Waals surface area (Å²) in [5.41, 5.74) is 0.656. The molecule has 0 N–H and O–H groups in total. The second-order valence-electron chi connectivity index (χ2n) is 3.73. The van der Waals surface area contributed by atoms with Gasteiger partial charge in [-0.25, -0.2) is 4.98 Å². The molecule has 0 radical (unpaired) electrons. The van der Waals surface area contributed by atoms with Crippen molar-refractivity contribution in [3.63, 3.8) is 0 Å². The molecule has 94 valence electrons. The summed E-state index contributed by atoms with van der Waals surface area (Å²) in [5, 5.41) is 0.568. The highest BCUT2D eigenvalue weighted by Crippen LogP contribution is 2.24. The highest BCUT2D eigenvalue weighted by atomic mass is 35.5. The minimum absolute atomic E-state index is 0.0775. The van der Waals surface area contributed by atoms with E-state index in [2.05, 4.69) is 4.98 Å². The Morgan fingerprint density at radius 3 is 2.61 bits per heavy atom. The smallest absolute Gasteiger partial charge is 0.289 e. The van der Waals surface area contributed by atoms with Crippen LogP contribution < -0.4 is 0 Å². The van der Waals surface area contributed by atoms with Crippen LogP contribution >= 0.6 is 11.6 Å². The number of fused-ring (bicyclic) bond motifs is 1. The van der Waals surface area contributed by atoms with Crippen LogP contribution in [0.2, 0.25) is 5.15 Å². The van der Waals surface area contributed by atoms with E-state index in [9.17, 15) is 18.0 Å². The topological polar surface area (TPSA) is 30.0 Å². The van der Waals surface area contributed by atoms with E-state index in [-0.39, 0.29) is 10.7 Å². The lowest BCUT2D eigenvalue weighted by Gasteiger charge is -2.07. The van der Waals surface area contributed by atoms with Gasteiger partial charge in [0.15, 0.2) is 0 Å². The van der Waals surface area contributed by atoms with Crippen LogP contribution in [0, 0.1) is 0 Å². The Morgan fingerprint density at radius 1 is 1.28 bits per heavy atom. The molecule has 18 heavy (non-hydrogen) atoms. The van der Waals surface area contributed by atoms with Gasteiger partial charge in [-0.1, -0.05) is 29.8 Å². The first-order valence-corrected chi connectivity index (χ1v) is 5.40. The SMILES string of the molecule is O=C(Cc1cc2ccccc2nc1Cl)C(F)(F)F. The van der Waals surface area contributed by atoms with E-state index in [1.807, 2.05) is 0 Å². The fourth-order valence-electron chi connectivity index (χ4n) is 1.53. The first kappa shape index (κ1) is 12.8. The lowest BCUT2D eigenvalue weighted by molar-refractivity contribution is -0.170. The van der Waals surface area contributed by atoms with E-state index in [0.29, 0.717) is 10.9 Å². The van der Waals surface area contributed by atoms with E-state index in [1.165, 1.54) is 6.07 Å². The van der Waals surface area contributed by atoms with Crippen molar-refractivity contribution in [3.05, 3.63) is 41.0 Å². The number of ketones is 1. The number of pyridine rings is 1. The van der Waals surface area contributed by atoms with Crippen LogP contribution in [0.4, 0.5) is 13.2 Å². The molecule has 0 aliphatic heterocycles. The van der Waals surface area contributed by atoms with Gasteiger partial charge in [0.1, 0.15) is 5.15 Å². The maximum atomic E-state index is 12.2. The number of halogens is 4. The highest BCUT2D eigenvalue weighted by molar-refractivity contribution is 6.30. The van der Waals surface area contributed by atoms with Crippen molar-refractivity contribution in [2.75, 3.05) is 0 Å². The predicted molar refractivity (Wildman–Crippen MR) is 61.5 cm³/mol. The van der Waals surface area contributed by atoms with Crippen LogP contribution in [0.3, 0.4) is 0 Å². The second-order valence-corrected chi connectivity index (χ2v) is 4.09. The largest absolute Gasteiger partial charge is 0.450 e. The normalized spacial score (nSPS) is 11.8. The number of benzene rings is 1. The molecular weight excluding hydrogens is 267 g/mol. The molecule has 2 nitrogen and oxygen atoms in total. The molecule has 2 rings (SSSR count). The third kappa shape index (κ3) is 2.61. The molecule has 1 aromatic heterocycles. The number of para-hydroxylation sites is 1. The quantitative estimate of drug-likeness (QED) is 0.783. The second kappa shape index (κ2) is 4.57. The summed E-state index contributed by atoms with van der Waals surface area (Å²) in [5.74, 6) is -1.83. The molecule has 1 heterocycles. The monoisotopic (exact) mass is 273 g/mol. The van der Waals surface area contributed by atoms with E-state index < -0.39 is 18.4 Å². The molecule has 0 spiro atoms.